The number of hydrogen-bond donors (Lipinski definition) is 3. The largest absolute Gasteiger partial charge is 0.480 e. The maximum absolute atomic E-state index is 10.4. The maximum Gasteiger partial charge on any atom is 0.320 e. The van der Waals surface area contributed by atoms with Gasteiger partial charge in [-0.05, 0) is 19.9 Å². The van der Waals surface area contributed by atoms with Gasteiger partial charge in [0.2, 0.25) is 0 Å². The number of nitrogens with two attached hydrogens (primary N) is 1. The Morgan fingerprint density at radius 3 is 2.58 bits per heavy atom. The van der Waals surface area contributed by atoms with Gasteiger partial charge in [0, 0.05) is 0 Å². The van der Waals surface area contributed by atoms with Gasteiger partial charge in [-0.25, -0.2) is 0 Å². The minimum absolute atomic E-state index is 0.0268. The van der Waals surface area contributed by atoms with Crippen LogP contribution in [-0.2, 0) is 9.59 Å². The lowest BCUT2D eigenvalue weighted by Gasteiger charge is -2.05. The van der Waals surface area contributed by atoms with Crippen LogP contribution in [0.5, 0.6) is 0 Å². The van der Waals surface area contributed by atoms with Crippen molar-refractivity contribution in [3.63, 3.8) is 0 Å². The van der Waals surface area contributed by atoms with Crippen molar-refractivity contribution >= 4 is 11.8 Å². The molecule has 4 N–H and O–H groups in total. The first-order chi connectivity index (χ1) is 5.54. The Balaban J connectivity index is 3.31. The molecule has 0 aromatic carbocycles. The normalized spacial score (nSPS) is 12.5. The van der Waals surface area contributed by atoms with E-state index in [9.17, 15) is 9.59 Å². The van der Waals surface area contributed by atoms with E-state index in [4.69, 9.17) is 10.8 Å². The average molecular weight is 174 g/mol. The van der Waals surface area contributed by atoms with E-state index < -0.39 is 12.0 Å². The second-order valence-corrected chi connectivity index (χ2v) is 2.61. The standard InChI is InChI=1S/C7H14N2O3/c1-5(10)4-9-3-2-6(8)7(11)12/h6,9H,2-4,8H2,1H3,(H,11,12). The minimum atomic E-state index is -1.01. The summed E-state index contributed by atoms with van der Waals surface area (Å²) >= 11 is 0. The summed E-state index contributed by atoms with van der Waals surface area (Å²) in [7, 11) is 0. The van der Waals surface area contributed by atoms with E-state index in [0.29, 0.717) is 13.0 Å². The zero-order chi connectivity index (χ0) is 9.56. The summed E-state index contributed by atoms with van der Waals surface area (Å²) < 4.78 is 0. The Morgan fingerprint density at radius 1 is 1.58 bits per heavy atom. The van der Waals surface area contributed by atoms with Gasteiger partial charge >= 0.3 is 5.97 Å². The molecule has 12 heavy (non-hydrogen) atoms. The van der Waals surface area contributed by atoms with E-state index in [0.717, 1.165) is 0 Å². The molecule has 0 aliphatic rings. The van der Waals surface area contributed by atoms with E-state index in [-0.39, 0.29) is 12.3 Å². The molecule has 0 aromatic heterocycles. The molecule has 0 fully saturated rings. The van der Waals surface area contributed by atoms with Crippen LogP contribution in [0.1, 0.15) is 13.3 Å². The Hall–Kier alpha value is -0.940. The quantitative estimate of drug-likeness (QED) is 0.448. The van der Waals surface area contributed by atoms with Crippen LogP contribution in [0.4, 0.5) is 0 Å². The van der Waals surface area contributed by atoms with Crippen LogP contribution in [0.15, 0.2) is 0 Å². The van der Waals surface area contributed by atoms with Gasteiger partial charge in [0.15, 0.2) is 0 Å². The first-order valence-corrected chi connectivity index (χ1v) is 3.72. The minimum Gasteiger partial charge on any atom is -0.480 e. The Labute approximate surface area is 70.9 Å². The molecule has 70 valence electrons. The number of carboxylic acid groups (broad SMARTS) is 1. The molecule has 0 rings (SSSR count). The van der Waals surface area contributed by atoms with Crippen molar-refractivity contribution in [1.82, 2.24) is 5.32 Å². The smallest absolute Gasteiger partial charge is 0.320 e. The van der Waals surface area contributed by atoms with E-state index in [1.54, 1.807) is 0 Å². The summed E-state index contributed by atoms with van der Waals surface area (Å²) in [5.74, 6) is -0.987. The van der Waals surface area contributed by atoms with Crippen molar-refractivity contribution in [2.75, 3.05) is 13.1 Å². The molecule has 0 amide bonds. The zero-order valence-corrected chi connectivity index (χ0v) is 7.04. The lowest BCUT2D eigenvalue weighted by atomic mass is 10.2. The predicted octanol–water partition coefficient (Wildman–Crippen LogP) is -1.03. The van der Waals surface area contributed by atoms with Gasteiger partial charge in [0.25, 0.3) is 0 Å². The number of ketones is 1. The van der Waals surface area contributed by atoms with Gasteiger partial charge in [-0.2, -0.15) is 0 Å². The fourth-order valence-corrected chi connectivity index (χ4v) is 0.645. The van der Waals surface area contributed by atoms with Gasteiger partial charge in [0.1, 0.15) is 11.8 Å². The third-order valence-electron chi connectivity index (χ3n) is 1.32. The lowest BCUT2D eigenvalue weighted by Crippen LogP contribution is -2.34. The number of carboxylic acids is 1. The molecule has 0 aliphatic carbocycles. The Kier molecular flexibility index (Phi) is 5.23. The van der Waals surface area contributed by atoms with Gasteiger partial charge in [0.05, 0.1) is 6.54 Å². The topological polar surface area (TPSA) is 92.4 Å². The number of hydrogen-bond acceptors (Lipinski definition) is 4. The number of Topliss-reactive ketones (excluding diaryl/α,β-unsaturated/α-hetero) is 1. The molecule has 5 heteroatoms. The number of carbonyl (C=O) groups excluding carboxylic acids is 1. The van der Waals surface area contributed by atoms with Gasteiger partial charge < -0.3 is 16.2 Å². The third kappa shape index (κ3) is 5.82. The number of rotatable bonds is 6. The van der Waals surface area contributed by atoms with Crippen molar-refractivity contribution in [3.8, 4) is 0 Å². The first-order valence-electron chi connectivity index (χ1n) is 3.72. The van der Waals surface area contributed by atoms with Gasteiger partial charge in [-0.1, -0.05) is 0 Å². The van der Waals surface area contributed by atoms with Crippen LogP contribution in [0, 0.1) is 0 Å². The fourth-order valence-electron chi connectivity index (χ4n) is 0.645. The van der Waals surface area contributed by atoms with Crippen LogP contribution in [-0.4, -0.2) is 36.0 Å². The van der Waals surface area contributed by atoms with Crippen molar-refractivity contribution in [2.24, 2.45) is 5.73 Å². The van der Waals surface area contributed by atoms with Gasteiger partial charge in [-0.3, -0.25) is 9.59 Å². The lowest BCUT2D eigenvalue weighted by molar-refractivity contribution is -0.138. The van der Waals surface area contributed by atoms with Crippen LogP contribution < -0.4 is 11.1 Å². The molecule has 1 unspecified atom stereocenters. The average Bonchev–Trinajstić information content (AvgIpc) is 1.97. The van der Waals surface area contributed by atoms with Crippen LogP contribution in [0.2, 0.25) is 0 Å². The van der Waals surface area contributed by atoms with E-state index in [2.05, 4.69) is 5.32 Å². The third-order valence-corrected chi connectivity index (χ3v) is 1.32. The fraction of sp³-hybridized carbons (Fsp3) is 0.714. The number of nitrogens with one attached hydrogen (secondary N) is 1. The van der Waals surface area contributed by atoms with E-state index in [1.807, 2.05) is 0 Å². The summed E-state index contributed by atoms with van der Waals surface area (Å²) in [5.41, 5.74) is 5.21. The summed E-state index contributed by atoms with van der Waals surface area (Å²) in [5, 5.41) is 11.1. The highest BCUT2D eigenvalue weighted by atomic mass is 16.4. The number of aliphatic carboxylic acids is 1. The molecule has 5 nitrogen and oxygen atoms in total. The van der Waals surface area contributed by atoms with Crippen molar-refractivity contribution in [2.45, 2.75) is 19.4 Å². The van der Waals surface area contributed by atoms with E-state index >= 15 is 0 Å². The molecule has 0 saturated carbocycles. The molecule has 0 saturated heterocycles. The predicted molar refractivity (Wildman–Crippen MR) is 43.8 cm³/mol. The van der Waals surface area contributed by atoms with Crippen LogP contribution in [0.3, 0.4) is 0 Å². The highest BCUT2D eigenvalue weighted by molar-refractivity contribution is 5.77. The van der Waals surface area contributed by atoms with Crippen LogP contribution in [0.25, 0.3) is 0 Å². The number of carbonyl (C=O) groups is 2. The molecule has 0 aromatic rings. The van der Waals surface area contributed by atoms with Crippen molar-refractivity contribution < 1.29 is 14.7 Å². The maximum atomic E-state index is 10.4. The highest BCUT2D eigenvalue weighted by Crippen LogP contribution is 1.85. The zero-order valence-electron chi connectivity index (χ0n) is 7.04. The molecule has 0 bridgehead atoms. The van der Waals surface area contributed by atoms with Crippen molar-refractivity contribution in [3.05, 3.63) is 0 Å². The molecular weight excluding hydrogens is 160 g/mol. The molecule has 1 atom stereocenters. The Bertz CT molecular complexity index is 170. The molecule has 0 spiro atoms. The van der Waals surface area contributed by atoms with Crippen LogP contribution >= 0.6 is 0 Å². The molecule has 0 aliphatic heterocycles. The summed E-state index contributed by atoms with van der Waals surface area (Å²) in [6, 6.07) is -0.843. The summed E-state index contributed by atoms with van der Waals surface area (Å²) in [6.07, 6.45) is 0.336. The molecule has 0 radical (unpaired) electrons. The second kappa shape index (κ2) is 5.68. The van der Waals surface area contributed by atoms with Gasteiger partial charge in [-0.15, -0.1) is 0 Å². The monoisotopic (exact) mass is 174 g/mol. The SMILES string of the molecule is CC(=O)CNCCC(N)C(=O)O. The Morgan fingerprint density at radius 2 is 2.17 bits per heavy atom. The van der Waals surface area contributed by atoms with E-state index in [1.165, 1.54) is 6.92 Å². The summed E-state index contributed by atoms with van der Waals surface area (Å²) in [6.45, 7) is 2.18. The first kappa shape index (κ1) is 11.1. The highest BCUT2D eigenvalue weighted by Gasteiger charge is 2.09. The summed E-state index contributed by atoms with van der Waals surface area (Å²) in [4.78, 5) is 20.6. The molecule has 0 heterocycles. The second-order valence-electron chi connectivity index (χ2n) is 2.61. The molecular formula is C7H14N2O3. The van der Waals surface area contributed by atoms with Crippen molar-refractivity contribution in [1.29, 1.82) is 0 Å².